The predicted octanol–water partition coefficient (Wildman–Crippen LogP) is 1.47. The van der Waals surface area contributed by atoms with Crippen LogP contribution in [0.15, 0.2) is 24.3 Å². The van der Waals surface area contributed by atoms with E-state index in [1.54, 1.807) is 12.1 Å². The number of hydrogen-bond acceptors (Lipinski definition) is 3. The first kappa shape index (κ1) is 12.8. The van der Waals surface area contributed by atoms with E-state index < -0.39 is 5.97 Å². The summed E-state index contributed by atoms with van der Waals surface area (Å²) >= 11 is 0. The van der Waals surface area contributed by atoms with Crippen LogP contribution in [0.2, 0.25) is 0 Å². The molecule has 0 radical (unpaired) electrons. The van der Waals surface area contributed by atoms with Gasteiger partial charge in [-0.25, -0.2) is 4.39 Å². The van der Waals surface area contributed by atoms with Crippen molar-refractivity contribution in [2.45, 2.75) is 18.9 Å². The Morgan fingerprint density at radius 3 is 2.67 bits per heavy atom. The molecule has 2 N–H and O–H groups in total. The largest absolute Gasteiger partial charge is 0.480 e. The van der Waals surface area contributed by atoms with E-state index in [1.165, 1.54) is 6.07 Å². The molecule has 98 valence electrons. The molecule has 5 heteroatoms. The minimum atomic E-state index is -0.841. The van der Waals surface area contributed by atoms with Crippen LogP contribution >= 0.6 is 0 Å². The summed E-state index contributed by atoms with van der Waals surface area (Å²) < 4.78 is 13.6. The summed E-state index contributed by atoms with van der Waals surface area (Å²) in [5.74, 6) is -1.04. The number of para-hydroxylation sites is 1. The summed E-state index contributed by atoms with van der Waals surface area (Å²) in [6.07, 6.45) is 1.67. The second-order valence-corrected chi connectivity index (χ2v) is 4.49. The van der Waals surface area contributed by atoms with Gasteiger partial charge < -0.3 is 15.3 Å². The molecular weight excluding hydrogens is 235 g/mol. The zero-order chi connectivity index (χ0) is 13.0. The summed E-state index contributed by atoms with van der Waals surface area (Å²) in [7, 11) is 0. The van der Waals surface area contributed by atoms with Gasteiger partial charge >= 0.3 is 5.97 Å². The predicted molar refractivity (Wildman–Crippen MR) is 67.3 cm³/mol. The van der Waals surface area contributed by atoms with Crippen LogP contribution in [0.4, 0.5) is 10.1 Å². The van der Waals surface area contributed by atoms with Crippen LogP contribution in [0.5, 0.6) is 0 Å². The SMILES string of the molecule is O=C(O)CNC1CCN(c2ccccc2F)CC1. The molecule has 0 aromatic heterocycles. The number of nitrogens with one attached hydrogen (secondary N) is 1. The van der Waals surface area contributed by atoms with Gasteiger partial charge in [-0.15, -0.1) is 0 Å². The van der Waals surface area contributed by atoms with Crippen molar-refractivity contribution < 1.29 is 14.3 Å². The third-order valence-corrected chi connectivity index (χ3v) is 3.23. The lowest BCUT2D eigenvalue weighted by molar-refractivity contribution is -0.136. The molecule has 0 atom stereocenters. The first-order chi connectivity index (χ1) is 8.66. The second-order valence-electron chi connectivity index (χ2n) is 4.49. The van der Waals surface area contributed by atoms with Crippen molar-refractivity contribution in [3.63, 3.8) is 0 Å². The number of carbonyl (C=O) groups is 1. The maximum atomic E-state index is 13.6. The Balaban J connectivity index is 1.87. The van der Waals surface area contributed by atoms with Crippen molar-refractivity contribution >= 4 is 11.7 Å². The number of hydrogen-bond donors (Lipinski definition) is 2. The number of rotatable bonds is 4. The Labute approximate surface area is 105 Å². The second kappa shape index (κ2) is 5.82. The topological polar surface area (TPSA) is 52.6 Å². The molecule has 1 saturated heterocycles. The highest BCUT2D eigenvalue weighted by atomic mass is 19.1. The van der Waals surface area contributed by atoms with Crippen LogP contribution < -0.4 is 10.2 Å². The molecule has 0 saturated carbocycles. The number of carboxylic acid groups (broad SMARTS) is 1. The fourth-order valence-corrected chi connectivity index (χ4v) is 2.26. The number of halogens is 1. The van der Waals surface area contributed by atoms with Gasteiger partial charge in [-0.3, -0.25) is 4.79 Å². The maximum absolute atomic E-state index is 13.6. The van der Waals surface area contributed by atoms with Crippen molar-refractivity contribution in [3.8, 4) is 0 Å². The number of piperidine rings is 1. The molecule has 18 heavy (non-hydrogen) atoms. The highest BCUT2D eigenvalue weighted by Crippen LogP contribution is 2.22. The smallest absolute Gasteiger partial charge is 0.317 e. The quantitative estimate of drug-likeness (QED) is 0.852. The third kappa shape index (κ3) is 3.20. The van der Waals surface area contributed by atoms with E-state index in [-0.39, 0.29) is 18.4 Å². The van der Waals surface area contributed by atoms with E-state index in [9.17, 15) is 9.18 Å². The normalized spacial score (nSPS) is 16.8. The molecule has 2 rings (SSSR count). The van der Waals surface area contributed by atoms with Crippen LogP contribution in [-0.4, -0.2) is 36.8 Å². The molecule has 1 aliphatic heterocycles. The van der Waals surface area contributed by atoms with Gasteiger partial charge in [0.1, 0.15) is 5.82 Å². The Kier molecular flexibility index (Phi) is 4.15. The van der Waals surface area contributed by atoms with E-state index in [0.717, 1.165) is 25.9 Å². The van der Waals surface area contributed by atoms with Gasteiger partial charge in [0.25, 0.3) is 0 Å². The Hall–Kier alpha value is -1.62. The monoisotopic (exact) mass is 252 g/mol. The lowest BCUT2D eigenvalue weighted by atomic mass is 10.0. The fourth-order valence-electron chi connectivity index (χ4n) is 2.26. The maximum Gasteiger partial charge on any atom is 0.317 e. The average Bonchev–Trinajstić information content (AvgIpc) is 2.38. The molecule has 0 bridgehead atoms. The van der Waals surface area contributed by atoms with Gasteiger partial charge in [0.2, 0.25) is 0 Å². The number of aliphatic carboxylic acids is 1. The number of carboxylic acids is 1. The number of nitrogens with zero attached hydrogens (tertiary/aromatic N) is 1. The van der Waals surface area contributed by atoms with Crippen LogP contribution in [-0.2, 0) is 4.79 Å². The standard InChI is InChI=1S/C13H17FN2O2/c14-11-3-1-2-4-12(11)16-7-5-10(6-8-16)15-9-13(17)18/h1-4,10,15H,5-9H2,(H,17,18). The van der Waals surface area contributed by atoms with Crippen molar-refractivity contribution in [1.29, 1.82) is 0 Å². The number of benzene rings is 1. The van der Waals surface area contributed by atoms with Crippen LogP contribution in [0.3, 0.4) is 0 Å². The molecule has 1 aromatic rings. The van der Waals surface area contributed by atoms with E-state index in [4.69, 9.17) is 5.11 Å². The van der Waals surface area contributed by atoms with Crippen molar-refractivity contribution in [2.24, 2.45) is 0 Å². The average molecular weight is 252 g/mol. The van der Waals surface area contributed by atoms with Crippen molar-refractivity contribution in [2.75, 3.05) is 24.5 Å². The van der Waals surface area contributed by atoms with Gasteiger partial charge in [-0.05, 0) is 25.0 Å². The minimum Gasteiger partial charge on any atom is -0.480 e. The van der Waals surface area contributed by atoms with Gasteiger partial charge in [-0.1, -0.05) is 12.1 Å². The van der Waals surface area contributed by atoms with Gasteiger partial charge in [0.05, 0.1) is 12.2 Å². The van der Waals surface area contributed by atoms with Crippen LogP contribution in [0.25, 0.3) is 0 Å². The van der Waals surface area contributed by atoms with E-state index in [1.807, 2.05) is 11.0 Å². The molecular formula is C13H17FN2O2. The van der Waals surface area contributed by atoms with E-state index in [2.05, 4.69) is 5.32 Å². The van der Waals surface area contributed by atoms with Crippen molar-refractivity contribution in [1.82, 2.24) is 5.32 Å². The first-order valence-corrected chi connectivity index (χ1v) is 6.11. The molecule has 1 aliphatic rings. The van der Waals surface area contributed by atoms with Gasteiger partial charge in [0, 0.05) is 19.1 Å². The molecule has 0 unspecified atom stereocenters. The minimum absolute atomic E-state index is 0.00956. The molecule has 4 nitrogen and oxygen atoms in total. The summed E-state index contributed by atoms with van der Waals surface area (Å²) in [5.41, 5.74) is 0.634. The van der Waals surface area contributed by atoms with E-state index in [0.29, 0.717) is 5.69 Å². The van der Waals surface area contributed by atoms with Crippen LogP contribution in [0, 0.1) is 5.82 Å². The van der Waals surface area contributed by atoms with Crippen LogP contribution in [0.1, 0.15) is 12.8 Å². The Morgan fingerprint density at radius 2 is 2.06 bits per heavy atom. The van der Waals surface area contributed by atoms with E-state index >= 15 is 0 Å². The first-order valence-electron chi connectivity index (χ1n) is 6.11. The molecule has 1 heterocycles. The number of anilines is 1. The van der Waals surface area contributed by atoms with Gasteiger partial charge in [0.15, 0.2) is 0 Å². The lowest BCUT2D eigenvalue weighted by Gasteiger charge is -2.34. The summed E-state index contributed by atoms with van der Waals surface area (Å²) in [6.45, 7) is 1.49. The Morgan fingerprint density at radius 1 is 1.39 bits per heavy atom. The molecule has 1 aromatic carbocycles. The summed E-state index contributed by atoms with van der Waals surface area (Å²) in [6, 6.07) is 6.96. The highest BCUT2D eigenvalue weighted by Gasteiger charge is 2.20. The molecule has 0 amide bonds. The Bertz CT molecular complexity index is 417. The highest BCUT2D eigenvalue weighted by molar-refractivity contribution is 5.69. The van der Waals surface area contributed by atoms with Crippen molar-refractivity contribution in [3.05, 3.63) is 30.1 Å². The molecule has 0 aliphatic carbocycles. The lowest BCUT2D eigenvalue weighted by Crippen LogP contribution is -2.44. The molecule has 1 fully saturated rings. The third-order valence-electron chi connectivity index (χ3n) is 3.23. The zero-order valence-corrected chi connectivity index (χ0v) is 10.1. The summed E-state index contributed by atoms with van der Waals surface area (Å²) in [4.78, 5) is 12.5. The van der Waals surface area contributed by atoms with Gasteiger partial charge in [-0.2, -0.15) is 0 Å². The fraction of sp³-hybridized carbons (Fsp3) is 0.462. The summed E-state index contributed by atoms with van der Waals surface area (Å²) in [5, 5.41) is 11.6. The molecule has 0 spiro atoms. The zero-order valence-electron chi connectivity index (χ0n) is 10.1.